The third kappa shape index (κ3) is 2.55. The van der Waals surface area contributed by atoms with Crippen LogP contribution in [-0.4, -0.2) is 18.3 Å². The first kappa shape index (κ1) is 9.65. The van der Waals surface area contributed by atoms with Crippen molar-refractivity contribution in [3.05, 3.63) is 28.2 Å². The van der Waals surface area contributed by atoms with Gasteiger partial charge in [0.2, 0.25) is 0 Å². The Morgan fingerprint density at radius 3 is 2.67 bits per heavy atom. The van der Waals surface area contributed by atoms with Crippen molar-refractivity contribution in [3.63, 3.8) is 0 Å². The van der Waals surface area contributed by atoms with Crippen LogP contribution >= 0.6 is 23.2 Å². The lowest BCUT2D eigenvalue weighted by molar-refractivity contribution is 0.311. The molecule has 0 aliphatic rings. The van der Waals surface area contributed by atoms with E-state index in [1.54, 1.807) is 18.2 Å². The quantitative estimate of drug-likeness (QED) is 0.795. The van der Waals surface area contributed by atoms with Gasteiger partial charge in [-0.1, -0.05) is 23.2 Å². The van der Waals surface area contributed by atoms with Gasteiger partial charge < -0.3 is 10.4 Å². The Labute approximate surface area is 81.1 Å². The van der Waals surface area contributed by atoms with Gasteiger partial charge in [0.15, 0.2) is 0 Å². The van der Waals surface area contributed by atoms with E-state index >= 15 is 0 Å². The predicted molar refractivity (Wildman–Crippen MR) is 52.0 cm³/mol. The summed E-state index contributed by atoms with van der Waals surface area (Å²) in [6.45, 7) is 0.570. The van der Waals surface area contributed by atoms with Crippen molar-refractivity contribution < 1.29 is 5.11 Å². The maximum atomic E-state index is 8.54. The predicted octanol–water partition coefficient (Wildman–Crippen LogP) is 2.40. The van der Waals surface area contributed by atoms with Crippen molar-refractivity contribution in [3.8, 4) is 0 Å². The van der Waals surface area contributed by atoms with Crippen LogP contribution in [0.15, 0.2) is 18.2 Å². The Morgan fingerprint density at radius 2 is 2.08 bits per heavy atom. The summed E-state index contributed by atoms with van der Waals surface area (Å²) in [5, 5.41) is 12.7. The molecule has 0 saturated heterocycles. The molecule has 0 aliphatic heterocycles. The minimum absolute atomic E-state index is 0.0823. The zero-order valence-corrected chi connectivity index (χ0v) is 7.86. The number of hydrogen-bond donors (Lipinski definition) is 2. The number of rotatable bonds is 3. The fraction of sp³-hybridized carbons (Fsp3) is 0.250. The number of aliphatic hydroxyl groups is 1. The Hall–Kier alpha value is -0.440. The molecule has 0 fully saturated rings. The minimum Gasteiger partial charge on any atom is -0.395 e. The molecule has 0 saturated carbocycles. The van der Waals surface area contributed by atoms with Crippen molar-refractivity contribution in [2.24, 2.45) is 0 Å². The monoisotopic (exact) mass is 205 g/mol. The van der Waals surface area contributed by atoms with Gasteiger partial charge in [0, 0.05) is 11.6 Å². The summed E-state index contributed by atoms with van der Waals surface area (Å²) in [6, 6.07) is 5.18. The number of aliphatic hydroxyl groups excluding tert-OH is 1. The second kappa shape index (κ2) is 4.55. The van der Waals surface area contributed by atoms with Crippen molar-refractivity contribution in [2.75, 3.05) is 18.5 Å². The van der Waals surface area contributed by atoms with Crippen LogP contribution in [0.3, 0.4) is 0 Å². The molecule has 2 nitrogen and oxygen atoms in total. The molecule has 0 radical (unpaired) electrons. The van der Waals surface area contributed by atoms with Crippen LogP contribution in [0.1, 0.15) is 0 Å². The summed E-state index contributed by atoms with van der Waals surface area (Å²) in [5.41, 5.74) is 0.787. The van der Waals surface area contributed by atoms with Crippen LogP contribution in [0.25, 0.3) is 0 Å². The van der Waals surface area contributed by atoms with Crippen molar-refractivity contribution in [2.45, 2.75) is 0 Å². The molecule has 0 amide bonds. The summed E-state index contributed by atoms with van der Waals surface area (Å²) in [5.74, 6) is 0. The van der Waals surface area contributed by atoms with E-state index in [4.69, 9.17) is 28.3 Å². The molecule has 1 rings (SSSR count). The molecule has 2 N–H and O–H groups in total. The van der Waals surface area contributed by atoms with Gasteiger partial charge in [0.25, 0.3) is 0 Å². The highest BCUT2D eigenvalue weighted by atomic mass is 35.5. The van der Waals surface area contributed by atoms with Gasteiger partial charge in [-0.2, -0.15) is 0 Å². The number of halogens is 2. The Balaban J connectivity index is 2.72. The van der Waals surface area contributed by atoms with Gasteiger partial charge >= 0.3 is 0 Å². The first-order valence-electron chi connectivity index (χ1n) is 3.54. The lowest BCUT2D eigenvalue weighted by Gasteiger charge is -2.05. The van der Waals surface area contributed by atoms with Gasteiger partial charge in [-0.25, -0.2) is 0 Å². The highest BCUT2D eigenvalue weighted by molar-refractivity contribution is 6.36. The fourth-order valence-corrected chi connectivity index (χ4v) is 1.30. The summed E-state index contributed by atoms with van der Waals surface area (Å²) >= 11 is 11.5. The molecule has 0 unspecified atom stereocenters. The normalized spacial score (nSPS) is 9.92. The maximum Gasteiger partial charge on any atom is 0.0652 e. The van der Waals surface area contributed by atoms with Crippen LogP contribution in [0, 0.1) is 0 Å². The van der Waals surface area contributed by atoms with E-state index in [1.165, 1.54) is 0 Å². The third-order valence-corrected chi connectivity index (χ3v) is 1.91. The molecule has 0 bridgehead atoms. The molecule has 12 heavy (non-hydrogen) atoms. The molecule has 1 aromatic carbocycles. The van der Waals surface area contributed by atoms with E-state index in [0.29, 0.717) is 16.6 Å². The number of nitrogens with one attached hydrogen (secondary N) is 1. The van der Waals surface area contributed by atoms with Crippen LogP contribution in [0.4, 0.5) is 5.69 Å². The summed E-state index contributed by atoms with van der Waals surface area (Å²) in [6.07, 6.45) is 0. The molecule has 1 aromatic rings. The number of benzene rings is 1. The average Bonchev–Trinajstić information content (AvgIpc) is 2.03. The molecule has 66 valence electrons. The lowest BCUT2D eigenvalue weighted by atomic mass is 10.3. The van der Waals surface area contributed by atoms with E-state index in [0.717, 1.165) is 5.69 Å². The molecule has 0 aromatic heterocycles. The van der Waals surface area contributed by atoms with Crippen molar-refractivity contribution >= 4 is 28.9 Å². The van der Waals surface area contributed by atoms with Crippen molar-refractivity contribution in [1.29, 1.82) is 0 Å². The molecular formula is C8H9Cl2NO. The van der Waals surface area contributed by atoms with Gasteiger partial charge in [-0.05, 0) is 18.2 Å². The summed E-state index contributed by atoms with van der Waals surface area (Å²) in [4.78, 5) is 0. The first-order chi connectivity index (χ1) is 5.74. The van der Waals surface area contributed by atoms with E-state index in [9.17, 15) is 0 Å². The Bertz CT molecular complexity index is 265. The Kier molecular flexibility index (Phi) is 3.66. The largest absolute Gasteiger partial charge is 0.395 e. The lowest BCUT2D eigenvalue weighted by Crippen LogP contribution is -2.05. The van der Waals surface area contributed by atoms with E-state index in [-0.39, 0.29) is 6.61 Å². The minimum atomic E-state index is 0.0823. The summed E-state index contributed by atoms with van der Waals surface area (Å²) < 4.78 is 0. The molecule has 0 aliphatic carbocycles. The van der Waals surface area contributed by atoms with Crippen LogP contribution in [0.5, 0.6) is 0 Å². The average molecular weight is 206 g/mol. The highest BCUT2D eigenvalue weighted by Gasteiger charge is 1.98. The van der Waals surface area contributed by atoms with E-state index in [1.807, 2.05) is 0 Å². The smallest absolute Gasteiger partial charge is 0.0652 e. The van der Waals surface area contributed by atoms with Crippen LogP contribution in [0.2, 0.25) is 10.0 Å². The van der Waals surface area contributed by atoms with Gasteiger partial charge in [-0.3, -0.25) is 0 Å². The van der Waals surface area contributed by atoms with Crippen molar-refractivity contribution in [1.82, 2.24) is 0 Å². The fourth-order valence-electron chi connectivity index (χ4n) is 0.823. The highest BCUT2D eigenvalue weighted by Crippen LogP contribution is 2.24. The second-order valence-electron chi connectivity index (χ2n) is 2.27. The molecular weight excluding hydrogens is 197 g/mol. The van der Waals surface area contributed by atoms with Gasteiger partial charge in [0.1, 0.15) is 0 Å². The second-order valence-corrected chi connectivity index (χ2v) is 3.12. The number of anilines is 1. The molecule has 4 heteroatoms. The SMILES string of the molecule is OCCNc1ccc(Cl)cc1Cl. The standard InChI is InChI=1S/C8H9Cl2NO/c9-6-1-2-8(7(10)5-6)11-3-4-12/h1-2,5,11-12H,3-4H2. The third-order valence-electron chi connectivity index (χ3n) is 1.36. The van der Waals surface area contributed by atoms with E-state index < -0.39 is 0 Å². The van der Waals surface area contributed by atoms with Gasteiger partial charge in [-0.15, -0.1) is 0 Å². The van der Waals surface area contributed by atoms with Gasteiger partial charge in [0.05, 0.1) is 17.3 Å². The summed E-state index contributed by atoms with van der Waals surface area (Å²) in [7, 11) is 0. The first-order valence-corrected chi connectivity index (χ1v) is 4.29. The van der Waals surface area contributed by atoms with Crippen LogP contribution in [-0.2, 0) is 0 Å². The maximum absolute atomic E-state index is 8.54. The topological polar surface area (TPSA) is 32.3 Å². The van der Waals surface area contributed by atoms with E-state index in [2.05, 4.69) is 5.32 Å². The molecule has 0 spiro atoms. The zero-order chi connectivity index (χ0) is 8.97. The number of hydrogen-bond acceptors (Lipinski definition) is 2. The zero-order valence-electron chi connectivity index (χ0n) is 6.35. The molecule has 0 atom stereocenters. The molecule has 0 heterocycles. The van der Waals surface area contributed by atoms with Crippen LogP contribution < -0.4 is 5.32 Å². The Morgan fingerprint density at radius 1 is 1.33 bits per heavy atom.